The molecule has 1 atom stereocenters. The molecule has 1 unspecified atom stereocenters. The lowest BCUT2D eigenvalue weighted by atomic mass is 10.2. The molecular formula is C18H11F4N3O3. The number of hydrogen-bond donors (Lipinski definition) is 1. The number of halogens is 4. The molecule has 0 saturated carbocycles. The van der Waals surface area contributed by atoms with E-state index >= 15 is 0 Å². The van der Waals surface area contributed by atoms with Crippen molar-refractivity contribution < 1.29 is 31.9 Å². The second kappa shape index (κ2) is 7.59. The second-order valence-corrected chi connectivity index (χ2v) is 5.62. The molecule has 1 N–H and O–H groups in total. The average molecular weight is 393 g/mol. The van der Waals surface area contributed by atoms with Gasteiger partial charge in [-0.1, -0.05) is 12.1 Å². The van der Waals surface area contributed by atoms with Gasteiger partial charge in [0, 0.05) is 6.07 Å². The first-order chi connectivity index (χ1) is 13.3. The topological polar surface area (TPSA) is 81.2 Å². The van der Waals surface area contributed by atoms with Gasteiger partial charge in [0.2, 0.25) is 0 Å². The van der Waals surface area contributed by atoms with E-state index < -0.39 is 46.9 Å². The number of ether oxygens (including phenoxy) is 1. The van der Waals surface area contributed by atoms with Crippen LogP contribution in [0.1, 0.15) is 17.4 Å². The first-order valence-electron chi connectivity index (χ1n) is 7.84. The van der Waals surface area contributed by atoms with Gasteiger partial charge in [-0.15, -0.1) is 0 Å². The van der Waals surface area contributed by atoms with Crippen LogP contribution in [0, 0.1) is 23.3 Å². The highest BCUT2D eigenvalue weighted by molar-refractivity contribution is 5.97. The maximum atomic E-state index is 13.6. The number of amides is 1. The van der Waals surface area contributed by atoms with Crippen LogP contribution in [0.15, 0.2) is 36.5 Å². The van der Waals surface area contributed by atoms with Crippen molar-refractivity contribution in [2.75, 3.05) is 5.32 Å². The number of aromatic nitrogens is 2. The van der Waals surface area contributed by atoms with Crippen LogP contribution in [-0.2, 0) is 9.53 Å². The highest BCUT2D eigenvalue weighted by Gasteiger charge is 2.25. The molecule has 1 heterocycles. The van der Waals surface area contributed by atoms with Gasteiger partial charge in [-0.25, -0.2) is 27.3 Å². The van der Waals surface area contributed by atoms with Crippen molar-refractivity contribution >= 4 is 28.6 Å². The van der Waals surface area contributed by atoms with E-state index in [0.717, 1.165) is 13.1 Å². The lowest BCUT2D eigenvalue weighted by Crippen LogP contribution is -2.31. The zero-order chi connectivity index (χ0) is 20.4. The number of esters is 1. The van der Waals surface area contributed by atoms with Crippen LogP contribution in [0.2, 0.25) is 0 Å². The Balaban J connectivity index is 1.74. The minimum absolute atomic E-state index is 0.00215. The zero-order valence-electron chi connectivity index (χ0n) is 14.2. The van der Waals surface area contributed by atoms with Gasteiger partial charge in [-0.2, -0.15) is 0 Å². The summed E-state index contributed by atoms with van der Waals surface area (Å²) < 4.78 is 58.5. The quantitative estimate of drug-likeness (QED) is 0.418. The summed E-state index contributed by atoms with van der Waals surface area (Å²) in [4.78, 5) is 32.2. The molecule has 0 aliphatic carbocycles. The molecule has 0 aliphatic heterocycles. The molecule has 0 radical (unpaired) electrons. The van der Waals surface area contributed by atoms with Crippen molar-refractivity contribution in [1.29, 1.82) is 0 Å². The van der Waals surface area contributed by atoms with Crippen LogP contribution < -0.4 is 5.32 Å². The Labute approximate surface area is 155 Å². The maximum absolute atomic E-state index is 13.6. The van der Waals surface area contributed by atoms with E-state index in [1.165, 1.54) is 0 Å². The normalized spacial score (nSPS) is 11.9. The van der Waals surface area contributed by atoms with Crippen molar-refractivity contribution in [1.82, 2.24) is 9.97 Å². The fourth-order valence-electron chi connectivity index (χ4n) is 2.24. The minimum Gasteiger partial charge on any atom is -0.448 e. The molecule has 3 rings (SSSR count). The van der Waals surface area contributed by atoms with Crippen molar-refractivity contribution in [3.8, 4) is 0 Å². The Morgan fingerprint density at radius 2 is 1.64 bits per heavy atom. The number of fused-ring (bicyclic) bond motifs is 1. The number of anilines is 1. The number of rotatable bonds is 4. The number of benzene rings is 2. The number of nitrogens with one attached hydrogen (secondary N) is 1. The summed E-state index contributed by atoms with van der Waals surface area (Å²) in [5, 5.41) is 1.66. The van der Waals surface area contributed by atoms with Gasteiger partial charge in [0.25, 0.3) is 5.91 Å². The molecule has 28 heavy (non-hydrogen) atoms. The summed E-state index contributed by atoms with van der Waals surface area (Å²) in [5.41, 5.74) is -0.583. The SMILES string of the molecule is CC(OC(=O)c1cnc2ccccc2n1)C(=O)Nc1c(F)c(F)cc(F)c1F. The Hall–Kier alpha value is -3.56. The van der Waals surface area contributed by atoms with Crippen LogP contribution in [0.25, 0.3) is 11.0 Å². The van der Waals surface area contributed by atoms with Gasteiger partial charge in [0.1, 0.15) is 5.69 Å². The van der Waals surface area contributed by atoms with Gasteiger partial charge in [-0.3, -0.25) is 9.78 Å². The summed E-state index contributed by atoms with van der Waals surface area (Å²) in [7, 11) is 0. The van der Waals surface area contributed by atoms with Crippen molar-refractivity contribution in [3.63, 3.8) is 0 Å². The van der Waals surface area contributed by atoms with Gasteiger partial charge in [0.15, 0.2) is 35.1 Å². The maximum Gasteiger partial charge on any atom is 0.359 e. The second-order valence-electron chi connectivity index (χ2n) is 5.62. The molecule has 10 heteroatoms. The van der Waals surface area contributed by atoms with E-state index in [0.29, 0.717) is 11.0 Å². The Bertz CT molecular complexity index is 1060. The van der Waals surface area contributed by atoms with Crippen LogP contribution in [-0.4, -0.2) is 27.9 Å². The highest BCUT2D eigenvalue weighted by atomic mass is 19.2. The average Bonchev–Trinajstić information content (AvgIpc) is 2.69. The molecule has 144 valence electrons. The minimum atomic E-state index is -1.79. The number of para-hydroxylation sites is 2. The smallest absolute Gasteiger partial charge is 0.359 e. The fraction of sp³-hybridized carbons (Fsp3) is 0.111. The first-order valence-corrected chi connectivity index (χ1v) is 7.84. The lowest BCUT2D eigenvalue weighted by molar-refractivity contribution is -0.123. The monoisotopic (exact) mass is 393 g/mol. The Morgan fingerprint density at radius 1 is 1.04 bits per heavy atom. The lowest BCUT2D eigenvalue weighted by Gasteiger charge is -2.14. The molecule has 2 aromatic carbocycles. The van der Waals surface area contributed by atoms with Gasteiger partial charge >= 0.3 is 5.97 Å². The molecule has 6 nitrogen and oxygen atoms in total. The number of carbonyl (C=O) groups is 2. The number of hydrogen-bond acceptors (Lipinski definition) is 5. The molecule has 1 amide bonds. The highest BCUT2D eigenvalue weighted by Crippen LogP contribution is 2.24. The number of nitrogens with zero attached hydrogens (tertiary/aromatic N) is 2. The molecule has 1 aromatic heterocycles. The van der Waals surface area contributed by atoms with Gasteiger partial charge in [-0.05, 0) is 19.1 Å². The van der Waals surface area contributed by atoms with E-state index in [4.69, 9.17) is 4.74 Å². The molecule has 0 fully saturated rings. The zero-order valence-corrected chi connectivity index (χ0v) is 14.2. The third-order valence-electron chi connectivity index (χ3n) is 3.67. The van der Waals surface area contributed by atoms with Crippen LogP contribution in [0.3, 0.4) is 0 Å². The van der Waals surface area contributed by atoms with Crippen LogP contribution in [0.5, 0.6) is 0 Å². The predicted molar refractivity (Wildman–Crippen MR) is 89.3 cm³/mol. The molecule has 0 spiro atoms. The summed E-state index contributed by atoms with van der Waals surface area (Å²) in [6.07, 6.45) is -0.415. The Kier molecular flexibility index (Phi) is 5.21. The predicted octanol–water partition coefficient (Wildman–Crippen LogP) is 3.37. The Morgan fingerprint density at radius 3 is 2.29 bits per heavy atom. The molecule has 0 saturated heterocycles. The molecular weight excluding hydrogens is 382 g/mol. The molecule has 0 bridgehead atoms. The van der Waals surface area contributed by atoms with E-state index in [-0.39, 0.29) is 11.8 Å². The van der Waals surface area contributed by atoms with Crippen LogP contribution >= 0.6 is 0 Å². The van der Waals surface area contributed by atoms with Gasteiger partial charge < -0.3 is 10.1 Å². The van der Waals surface area contributed by atoms with Crippen molar-refractivity contribution in [2.24, 2.45) is 0 Å². The molecule has 0 aliphatic rings. The summed E-state index contributed by atoms with van der Waals surface area (Å²) in [6, 6.07) is 6.70. The largest absolute Gasteiger partial charge is 0.448 e. The van der Waals surface area contributed by atoms with Crippen molar-refractivity contribution in [3.05, 3.63) is 65.5 Å². The number of carbonyl (C=O) groups excluding carboxylic acids is 2. The summed E-state index contributed by atoms with van der Waals surface area (Å²) in [6.45, 7) is 1.10. The van der Waals surface area contributed by atoms with Crippen molar-refractivity contribution in [2.45, 2.75) is 13.0 Å². The third-order valence-corrected chi connectivity index (χ3v) is 3.67. The van der Waals surface area contributed by atoms with E-state index in [1.807, 2.05) is 0 Å². The van der Waals surface area contributed by atoms with Crippen LogP contribution in [0.4, 0.5) is 23.2 Å². The van der Waals surface area contributed by atoms with E-state index in [1.54, 1.807) is 29.6 Å². The standard InChI is InChI=1S/C18H11F4N3O3/c1-8(17(26)25-16-14(21)9(19)6-10(20)15(16)22)28-18(27)13-7-23-11-4-2-3-5-12(11)24-13/h2-8H,1H3,(H,25,26). The van der Waals surface area contributed by atoms with E-state index in [9.17, 15) is 27.2 Å². The van der Waals surface area contributed by atoms with Gasteiger partial charge in [0.05, 0.1) is 17.2 Å². The van der Waals surface area contributed by atoms with E-state index in [2.05, 4.69) is 9.97 Å². The third kappa shape index (κ3) is 3.75. The molecule has 3 aromatic rings. The summed E-state index contributed by atoms with van der Waals surface area (Å²) >= 11 is 0. The first kappa shape index (κ1) is 19.2. The summed E-state index contributed by atoms with van der Waals surface area (Å²) in [5.74, 6) is -9.18. The fourth-order valence-corrected chi connectivity index (χ4v) is 2.24.